The topological polar surface area (TPSA) is 48.1 Å². The lowest BCUT2D eigenvalue weighted by Crippen LogP contribution is -2.06. The third-order valence-corrected chi connectivity index (χ3v) is 2.99. The van der Waals surface area contributed by atoms with Gasteiger partial charge >= 0.3 is 0 Å². The van der Waals surface area contributed by atoms with Gasteiger partial charge in [0, 0.05) is 16.3 Å². The lowest BCUT2D eigenvalue weighted by Gasteiger charge is -2.11. The first-order valence-electron chi connectivity index (χ1n) is 3.81. The SMILES string of the molecule is COc1ncc(CN)c(I)c1C(F)F. The number of rotatable bonds is 3. The van der Waals surface area contributed by atoms with Crippen LogP contribution in [0.4, 0.5) is 8.78 Å². The van der Waals surface area contributed by atoms with E-state index < -0.39 is 6.43 Å². The summed E-state index contributed by atoms with van der Waals surface area (Å²) < 4.78 is 30.4. The molecule has 0 aliphatic rings. The number of hydrogen-bond donors (Lipinski definition) is 1. The fraction of sp³-hybridized carbons (Fsp3) is 0.375. The molecule has 0 radical (unpaired) electrons. The van der Waals surface area contributed by atoms with Gasteiger partial charge in [0.15, 0.2) is 0 Å². The van der Waals surface area contributed by atoms with Gasteiger partial charge in [-0.1, -0.05) is 0 Å². The molecule has 0 aromatic carbocycles. The molecule has 0 spiro atoms. The summed E-state index contributed by atoms with van der Waals surface area (Å²) in [7, 11) is 1.31. The Kier molecular flexibility index (Phi) is 3.99. The molecule has 0 aliphatic carbocycles. The summed E-state index contributed by atoms with van der Waals surface area (Å²) in [5.41, 5.74) is 5.80. The lowest BCUT2D eigenvalue weighted by atomic mass is 10.2. The van der Waals surface area contributed by atoms with Crippen molar-refractivity contribution in [2.75, 3.05) is 7.11 Å². The number of halogens is 3. The predicted octanol–water partition coefficient (Wildman–Crippen LogP) is 2.09. The van der Waals surface area contributed by atoms with Gasteiger partial charge < -0.3 is 10.5 Å². The van der Waals surface area contributed by atoms with Gasteiger partial charge in [0.25, 0.3) is 6.43 Å². The van der Waals surface area contributed by atoms with Crippen LogP contribution in [0.25, 0.3) is 0 Å². The Morgan fingerprint density at radius 3 is 2.71 bits per heavy atom. The number of alkyl halides is 2. The summed E-state index contributed by atoms with van der Waals surface area (Å²) in [6.45, 7) is 0.189. The van der Waals surface area contributed by atoms with Crippen LogP contribution in [0, 0.1) is 3.57 Å². The van der Waals surface area contributed by atoms with E-state index in [1.165, 1.54) is 13.3 Å². The normalized spacial score (nSPS) is 10.7. The molecule has 2 N–H and O–H groups in total. The fourth-order valence-corrected chi connectivity index (χ4v) is 1.85. The predicted molar refractivity (Wildman–Crippen MR) is 56.4 cm³/mol. The van der Waals surface area contributed by atoms with Crippen LogP contribution < -0.4 is 10.5 Å². The molecule has 78 valence electrons. The molecule has 0 bridgehead atoms. The number of methoxy groups -OCH3 is 1. The number of nitrogens with zero attached hydrogens (tertiary/aromatic N) is 1. The zero-order valence-corrected chi connectivity index (χ0v) is 9.59. The molecule has 0 amide bonds. The van der Waals surface area contributed by atoms with E-state index in [1.807, 2.05) is 22.6 Å². The van der Waals surface area contributed by atoms with E-state index in [0.717, 1.165) is 0 Å². The second kappa shape index (κ2) is 4.83. The number of ether oxygens (including phenoxy) is 1. The van der Waals surface area contributed by atoms with E-state index >= 15 is 0 Å². The number of nitrogens with two attached hydrogens (primary N) is 1. The molecule has 0 atom stereocenters. The molecule has 0 saturated heterocycles. The van der Waals surface area contributed by atoms with Gasteiger partial charge in [0.2, 0.25) is 5.88 Å². The van der Waals surface area contributed by atoms with Crippen LogP contribution in [-0.4, -0.2) is 12.1 Å². The first kappa shape index (κ1) is 11.6. The fourth-order valence-electron chi connectivity index (χ4n) is 1.02. The zero-order valence-electron chi connectivity index (χ0n) is 7.43. The molecule has 1 aromatic heterocycles. The van der Waals surface area contributed by atoms with Crippen molar-refractivity contribution < 1.29 is 13.5 Å². The second-order valence-corrected chi connectivity index (χ2v) is 3.60. The van der Waals surface area contributed by atoms with Crippen molar-refractivity contribution in [1.29, 1.82) is 0 Å². The van der Waals surface area contributed by atoms with Crippen LogP contribution in [0.5, 0.6) is 5.88 Å². The van der Waals surface area contributed by atoms with Crippen LogP contribution in [0.15, 0.2) is 6.20 Å². The Hall–Kier alpha value is -0.500. The molecule has 14 heavy (non-hydrogen) atoms. The van der Waals surface area contributed by atoms with Crippen LogP contribution in [0.1, 0.15) is 17.6 Å². The van der Waals surface area contributed by atoms with Crippen LogP contribution >= 0.6 is 22.6 Å². The number of aromatic nitrogens is 1. The maximum atomic E-state index is 12.6. The largest absolute Gasteiger partial charge is 0.481 e. The van der Waals surface area contributed by atoms with E-state index in [4.69, 9.17) is 10.5 Å². The third-order valence-electron chi connectivity index (χ3n) is 1.72. The highest BCUT2D eigenvalue weighted by atomic mass is 127. The number of hydrogen-bond acceptors (Lipinski definition) is 3. The van der Waals surface area contributed by atoms with Crippen molar-refractivity contribution >= 4 is 22.6 Å². The van der Waals surface area contributed by atoms with Crippen molar-refractivity contribution in [2.24, 2.45) is 5.73 Å². The van der Waals surface area contributed by atoms with Crippen LogP contribution in [-0.2, 0) is 6.54 Å². The molecule has 6 heteroatoms. The minimum atomic E-state index is -2.60. The van der Waals surface area contributed by atoms with Crippen molar-refractivity contribution in [1.82, 2.24) is 4.98 Å². The van der Waals surface area contributed by atoms with Gasteiger partial charge in [-0.3, -0.25) is 0 Å². The highest BCUT2D eigenvalue weighted by molar-refractivity contribution is 14.1. The summed E-state index contributed by atoms with van der Waals surface area (Å²) in [6.07, 6.45) is -1.15. The summed E-state index contributed by atoms with van der Waals surface area (Å²) in [5.74, 6) is -0.0402. The van der Waals surface area contributed by atoms with Crippen molar-refractivity contribution in [3.63, 3.8) is 0 Å². The van der Waals surface area contributed by atoms with E-state index in [-0.39, 0.29) is 18.0 Å². The third kappa shape index (κ3) is 2.11. The molecule has 1 aromatic rings. The van der Waals surface area contributed by atoms with E-state index in [1.54, 1.807) is 0 Å². The molecule has 0 aliphatic heterocycles. The van der Waals surface area contributed by atoms with Gasteiger partial charge in [-0.05, 0) is 28.2 Å². The molecule has 1 rings (SSSR count). The molecule has 1 heterocycles. The van der Waals surface area contributed by atoms with Gasteiger partial charge in [-0.15, -0.1) is 0 Å². The maximum absolute atomic E-state index is 12.6. The summed E-state index contributed by atoms with van der Waals surface area (Å²) in [5, 5.41) is 0. The Labute approximate surface area is 93.8 Å². The average molecular weight is 314 g/mol. The summed E-state index contributed by atoms with van der Waals surface area (Å²) in [6, 6.07) is 0. The van der Waals surface area contributed by atoms with E-state index in [2.05, 4.69) is 4.98 Å². The summed E-state index contributed by atoms with van der Waals surface area (Å²) in [4.78, 5) is 3.76. The monoisotopic (exact) mass is 314 g/mol. The zero-order chi connectivity index (χ0) is 10.7. The van der Waals surface area contributed by atoms with Crippen LogP contribution in [0.3, 0.4) is 0 Å². The minimum Gasteiger partial charge on any atom is -0.481 e. The number of pyridine rings is 1. The molecule has 0 unspecified atom stereocenters. The Morgan fingerprint density at radius 2 is 2.29 bits per heavy atom. The standard InChI is InChI=1S/C8H9F2IN2O/c1-14-8-5(7(9)10)6(11)4(2-12)3-13-8/h3,7H,2,12H2,1H3. The molecular weight excluding hydrogens is 305 g/mol. The highest BCUT2D eigenvalue weighted by Crippen LogP contribution is 2.32. The second-order valence-electron chi connectivity index (χ2n) is 2.53. The van der Waals surface area contributed by atoms with Gasteiger partial charge in [-0.25, -0.2) is 13.8 Å². The summed E-state index contributed by atoms with van der Waals surface area (Å²) >= 11 is 1.83. The quantitative estimate of drug-likeness (QED) is 0.869. The van der Waals surface area contributed by atoms with Crippen molar-refractivity contribution in [2.45, 2.75) is 13.0 Å². The molecular formula is C8H9F2IN2O. The van der Waals surface area contributed by atoms with Gasteiger partial charge in [-0.2, -0.15) is 0 Å². The smallest absolute Gasteiger partial charge is 0.270 e. The molecule has 0 fully saturated rings. The lowest BCUT2D eigenvalue weighted by molar-refractivity contribution is 0.145. The van der Waals surface area contributed by atoms with E-state index in [0.29, 0.717) is 9.13 Å². The minimum absolute atomic E-state index is 0.0402. The first-order valence-corrected chi connectivity index (χ1v) is 4.89. The highest BCUT2D eigenvalue weighted by Gasteiger charge is 2.20. The van der Waals surface area contributed by atoms with E-state index in [9.17, 15) is 8.78 Å². The Balaban J connectivity index is 3.31. The Morgan fingerprint density at radius 1 is 1.64 bits per heavy atom. The van der Waals surface area contributed by atoms with Gasteiger partial charge in [0.1, 0.15) is 0 Å². The maximum Gasteiger partial charge on any atom is 0.270 e. The van der Waals surface area contributed by atoms with Crippen molar-refractivity contribution in [3.05, 3.63) is 20.9 Å². The van der Waals surface area contributed by atoms with Crippen molar-refractivity contribution in [3.8, 4) is 5.88 Å². The van der Waals surface area contributed by atoms with Crippen LogP contribution in [0.2, 0.25) is 0 Å². The average Bonchev–Trinajstić information content (AvgIpc) is 2.16. The first-order chi connectivity index (χ1) is 6.61. The van der Waals surface area contributed by atoms with Gasteiger partial charge in [0.05, 0.1) is 12.7 Å². The molecule has 3 nitrogen and oxygen atoms in total. The molecule has 0 saturated carbocycles. The Bertz CT molecular complexity index is 333.